The standard InChI is InChI=1S/C30H39FN2O4/c31-22-12-14-25(28-10-4-6-18-37-28)26(19-22)29(30(34)35)33-16-15-24(20-33)36-17-5-3-8-23-13-11-21-7-1-2-9-27(21)32-23/h11-14,19,24,28-29H,1-10,15-18,20H2,(H,34,35)/t24-,28-,29+/m1/s1. The first kappa shape index (κ1) is 26.3. The molecule has 0 spiro atoms. The second-order valence-corrected chi connectivity index (χ2v) is 10.7. The lowest BCUT2D eigenvalue weighted by atomic mass is 9.92. The van der Waals surface area contributed by atoms with Crippen molar-refractivity contribution in [3.05, 3.63) is 64.2 Å². The van der Waals surface area contributed by atoms with Gasteiger partial charge in [-0.15, -0.1) is 0 Å². The first-order chi connectivity index (χ1) is 18.1. The summed E-state index contributed by atoms with van der Waals surface area (Å²) < 4.78 is 26.3. The number of aliphatic carboxylic acids is 1. The van der Waals surface area contributed by atoms with E-state index in [1.165, 1.54) is 41.9 Å². The third-order valence-electron chi connectivity index (χ3n) is 8.06. The molecule has 200 valence electrons. The van der Waals surface area contributed by atoms with E-state index in [0.29, 0.717) is 31.9 Å². The molecule has 2 fully saturated rings. The van der Waals surface area contributed by atoms with Crippen LogP contribution in [0.5, 0.6) is 0 Å². The summed E-state index contributed by atoms with van der Waals surface area (Å²) in [5, 5.41) is 10.2. The van der Waals surface area contributed by atoms with E-state index in [9.17, 15) is 14.3 Å². The van der Waals surface area contributed by atoms with Gasteiger partial charge in [0.05, 0.1) is 12.2 Å². The van der Waals surface area contributed by atoms with Gasteiger partial charge in [0.15, 0.2) is 0 Å². The van der Waals surface area contributed by atoms with Crippen LogP contribution in [0, 0.1) is 5.82 Å². The Hall–Kier alpha value is -2.35. The highest BCUT2D eigenvalue weighted by atomic mass is 19.1. The number of ether oxygens (including phenoxy) is 2. The number of carbonyl (C=O) groups is 1. The van der Waals surface area contributed by atoms with Gasteiger partial charge in [0.1, 0.15) is 11.9 Å². The summed E-state index contributed by atoms with van der Waals surface area (Å²) in [5.74, 6) is -1.37. The molecule has 0 saturated carbocycles. The molecule has 6 nitrogen and oxygen atoms in total. The van der Waals surface area contributed by atoms with Crippen LogP contribution in [0.15, 0.2) is 30.3 Å². The molecule has 1 aromatic carbocycles. The zero-order valence-electron chi connectivity index (χ0n) is 21.7. The topological polar surface area (TPSA) is 71.9 Å². The first-order valence-corrected chi connectivity index (χ1v) is 14.1. The highest BCUT2D eigenvalue weighted by Gasteiger charge is 2.36. The number of fused-ring (bicyclic) bond motifs is 1. The summed E-state index contributed by atoms with van der Waals surface area (Å²) in [5.41, 5.74) is 5.19. The van der Waals surface area contributed by atoms with Crippen LogP contribution in [0.3, 0.4) is 0 Å². The number of carboxylic acids is 1. The van der Waals surface area contributed by atoms with Crippen LogP contribution in [-0.2, 0) is 33.5 Å². The molecule has 1 aromatic heterocycles. The minimum atomic E-state index is -0.958. The molecule has 3 aliphatic rings. The van der Waals surface area contributed by atoms with Gasteiger partial charge in [-0.25, -0.2) is 4.39 Å². The fourth-order valence-electron chi connectivity index (χ4n) is 6.10. The predicted octanol–water partition coefficient (Wildman–Crippen LogP) is 5.58. The number of likely N-dealkylation sites (tertiary alicyclic amines) is 1. The van der Waals surface area contributed by atoms with Gasteiger partial charge in [0, 0.05) is 37.7 Å². The van der Waals surface area contributed by atoms with Gasteiger partial charge in [-0.2, -0.15) is 0 Å². The van der Waals surface area contributed by atoms with Gasteiger partial charge in [0.25, 0.3) is 0 Å². The van der Waals surface area contributed by atoms with Crippen LogP contribution in [0.4, 0.5) is 4.39 Å². The van der Waals surface area contributed by atoms with Gasteiger partial charge >= 0.3 is 5.97 Å². The molecule has 2 aliphatic heterocycles. The molecule has 1 aliphatic carbocycles. The van der Waals surface area contributed by atoms with E-state index in [2.05, 4.69) is 12.1 Å². The Morgan fingerprint density at radius 1 is 1.14 bits per heavy atom. The largest absolute Gasteiger partial charge is 0.480 e. The second kappa shape index (κ2) is 12.5. The molecule has 3 atom stereocenters. The molecule has 0 radical (unpaired) electrons. The van der Waals surface area contributed by atoms with Crippen LogP contribution in [0.1, 0.15) is 91.6 Å². The Morgan fingerprint density at radius 2 is 2.03 bits per heavy atom. The lowest BCUT2D eigenvalue weighted by Crippen LogP contribution is -2.34. The molecule has 2 saturated heterocycles. The van der Waals surface area contributed by atoms with E-state index in [1.54, 1.807) is 6.07 Å². The first-order valence-electron chi connectivity index (χ1n) is 14.1. The average molecular weight is 511 g/mol. The van der Waals surface area contributed by atoms with Gasteiger partial charge in [-0.05, 0) is 106 Å². The number of rotatable bonds is 10. The molecule has 7 heteroatoms. The van der Waals surface area contributed by atoms with Crippen LogP contribution in [0.2, 0.25) is 0 Å². The lowest BCUT2D eigenvalue weighted by molar-refractivity contribution is -0.143. The maximum absolute atomic E-state index is 14.3. The Balaban J connectivity index is 1.13. The maximum Gasteiger partial charge on any atom is 0.325 e. The summed E-state index contributed by atoms with van der Waals surface area (Å²) >= 11 is 0. The quantitative estimate of drug-likeness (QED) is 0.421. The van der Waals surface area contributed by atoms with Crippen LogP contribution in [-0.4, -0.2) is 53.4 Å². The van der Waals surface area contributed by atoms with Crippen LogP contribution < -0.4 is 0 Å². The number of aromatic nitrogens is 1. The summed E-state index contributed by atoms with van der Waals surface area (Å²) in [6, 6.07) is 8.02. The van der Waals surface area contributed by atoms with E-state index < -0.39 is 17.8 Å². The number of nitrogens with zero attached hydrogens (tertiary/aromatic N) is 2. The minimum Gasteiger partial charge on any atom is -0.480 e. The van der Waals surface area contributed by atoms with E-state index in [0.717, 1.165) is 63.4 Å². The molecule has 0 unspecified atom stereocenters. The predicted molar refractivity (Wildman–Crippen MR) is 139 cm³/mol. The number of halogens is 1. The Labute approximate surface area is 219 Å². The normalized spacial score (nSPS) is 23.1. The Morgan fingerprint density at radius 3 is 2.86 bits per heavy atom. The fourth-order valence-corrected chi connectivity index (χ4v) is 6.10. The molecule has 37 heavy (non-hydrogen) atoms. The Kier molecular flexibility index (Phi) is 8.85. The van der Waals surface area contributed by atoms with E-state index >= 15 is 0 Å². The number of pyridine rings is 1. The van der Waals surface area contributed by atoms with Crippen molar-refractivity contribution in [1.29, 1.82) is 0 Å². The van der Waals surface area contributed by atoms with Crippen molar-refractivity contribution in [2.75, 3.05) is 26.3 Å². The van der Waals surface area contributed by atoms with Crippen molar-refractivity contribution in [2.24, 2.45) is 0 Å². The minimum absolute atomic E-state index is 0.00772. The summed E-state index contributed by atoms with van der Waals surface area (Å²) in [4.78, 5) is 19.2. The number of carboxylic acid groups (broad SMARTS) is 1. The van der Waals surface area contributed by atoms with Crippen molar-refractivity contribution in [3.63, 3.8) is 0 Å². The average Bonchev–Trinajstić information content (AvgIpc) is 3.37. The summed E-state index contributed by atoms with van der Waals surface area (Å²) in [7, 11) is 0. The number of aryl methyl sites for hydroxylation is 3. The smallest absolute Gasteiger partial charge is 0.325 e. The molecule has 3 heterocycles. The SMILES string of the molecule is O=C(O)[C@H](c1cc(F)ccc1[C@H]1CCCCO1)N1CC[C@@H](OCCCCc2ccc3c(n2)CCCC3)C1. The van der Waals surface area contributed by atoms with Crippen molar-refractivity contribution >= 4 is 5.97 Å². The number of unbranched alkanes of at least 4 members (excludes halogenated alkanes) is 1. The van der Waals surface area contributed by atoms with Crippen molar-refractivity contribution in [3.8, 4) is 0 Å². The highest BCUT2D eigenvalue weighted by Crippen LogP contribution is 2.36. The zero-order chi connectivity index (χ0) is 25.6. The van der Waals surface area contributed by atoms with Gasteiger partial charge in [-0.3, -0.25) is 14.7 Å². The molecule has 1 N–H and O–H groups in total. The monoisotopic (exact) mass is 510 g/mol. The van der Waals surface area contributed by atoms with E-state index in [4.69, 9.17) is 14.5 Å². The molecular weight excluding hydrogens is 471 g/mol. The number of benzene rings is 1. The Bertz CT molecular complexity index is 1070. The molecular formula is C30H39FN2O4. The molecule has 0 bridgehead atoms. The number of hydrogen-bond donors (Lipinski definition) is 1. The molecule has 5 rings (SSSR count). The van der Waals surface area contributed by atoms with Gasteiger partial charge in [-0.1, -0.05) is 12.1 Å². The lowest BCUT2D eigenvalue weighted by Gasteiger charge is -2.30. The second-order valence-electron chi connectivity index (χ2n) is 10.7. The van der Waals surface area contributed by atoms with Crippen LogP contribution in [0.25, 0.3) is 0 Å². The zero-order valence-corrected chi connectivity index (χ0v) is 21.7. The van der Waals surface area contributed by atoms with Gasteiger partial charge < -0.3 is 14.6 Å². The van der Waals surface area contributed by atoms with Crippen LogP contribution >= 0.6 is 0 Å². The van der Waals surface area contributed by atoms with E-state index in [1.807, 2.05) is 4.90 Å². The third-order valence-corrected chi connectivity index (χ3v) is 8.06. The maximum atomic E-state index is 14.3. The highest BCUT2D eigenvalue weighted by molar-refractivity contribution is 5.76. The van der Waals surface area contributed by atoms with Crippen molar-refractivity contribution < 1.29 is 23.8 Å². The third kappa shape index (κ3) is 6.57. The summed E-state index contributed by atoms with van der Waals surface area (Å²) in [6.45, 7) is 2.46. The van der Waals surface area contributed by atoms with E-state index in [-0.39, 0.29) is 12.2 Å². The van der Waals surface area contributed by atoms with Gasteiger partial charge in [0.2, 0.25) is 0 Å². The summed E-state index contributed by atoms with van der Waals surface area (Å²) in [6.07, 6.45) is 11.2. The van der Waals surface area contributed by atoms with Crippen molar-refractivity contribution in [2.45, 2.75) is 88.9 Å². The number of hydrogen-bond acceptors (Lipinski definition) is 5. The molecule has 2 aromatic rings. The molecule has 0 amide bonds. The van der Waals surface area contributed by atoms with Crippen molar-refractivity contribution in [1.82, 2.24) is 9.88 Å². The fraction of sp³-hybridized carbons (Fsp3) is 0.600.